The van der Waals surface area contributed by atoms with Gasteiger partial charge in [0.15, 0.2) is 0 Å². The second kappa shape index (κ2) is 49.8. The quantitative estimate of drug-likeness (QED) is 0.0197. The molecule has 0 spiro atoms. The maximum absolute atomic E-state index is 12.8. The lowest BCUT2D eigenvalue weighted by atomic mass is 10.0. The number of esters is 1. The number of nitrogens with zero attached hydrogens (tertiary/aromatic N) is 1. The van der Waals surface area contributed by atoms with Gasteiger partial charge in [-0.1, -0.05) is 207 Å². The van der Waals surface area contributed by atoms with E-state index < -0.39 is 13.9 Å². The lowest BCUT2D eigenvalue weighted by Gasteiger charge is -2.28. The molecule has 0 aromatic carbocycles. The zero-order valence-electron chi connectivity index (χ0n) is 43.8. The molecular weight excluding hydrogens is 854 g/mol. The minimum atomic E-state index is -4.54. The first-order valence-corrected chi connectivity index (χ1v) is 28.4. The Morgan fingerprint density at radius 2 is 0.821 bits per heavy atom. The molecule has 2 unspecified atom stereocenters. The van der Waals surface area contributed by atoms with Crippen LogP contribution in [0.15, 0.2) is 97.2 Å². The molecular formula is C58H102NO7P. The number of allylic oxidation sites excluding steroid dienone is 16. The van der Waals surface area contributed by atoms with Crippen LogP contribution in [0.25, 0.3) is 0 Å². The lowest BCUT2D eigenvalue weighted by molar-refractivity contribution is -0.870. The van der Waals surface area contributed by atoms with Crippen LogP contribution < -0.4 is 4.89 Å². The third kappa shape index (κ3) is 54.2. The molecule has 0 radical (unpaired) electrons. The molecule has 67 heavy (non-hydrogen) atoms. The molecule has 0 heterocycles. The SMILES string of the molecule is CC/C=C\C/C=C\C/C=C\C/C=C\CCCCCCCCCCCCC(=O)OC(COCCCCCCCCCCC/C=C\C/C=C\C/C=C\C/C=C\CC)COP(=O)([O-])OCC[N+](C)(C)C. The average molecular weight is 956 g/mol. The van der Waals surface area contributed by atoms with Gasteiger partial charge >= 0.3 is 5.97 Å². The molecule has 0 rings (SSSR count). The van der Waals surface area contributed by atoms with Gasteiger partial charge in [-0.05, 0) is 89.9 Å². The van der Waals surface area contributed by atoms with Crippen molar-refractivity contribution in [3.8, 4) is 0 Å². The highest BCUT2D eigenvalue weighted by molar-refractivity contribution is 7.45. The van der Waals surface area contributed by atoms with Crippen LogP contribution in [0.1, 0.15) is 206 Å². The summed E-state index contributed by atoms with van der Waals surface area (Å²) in [6.45, 7) is 5.17. The van der Waals surface area contributed by atoms with E-state index >= 15 is 0 Å². The number of phosphoric acid groups is 1. The van der Waals surface area contributed by atoms with Crippen LogP contribution in [0.5, 0.6) is 0 Å². The number of carbonyl (C=O) groups is 1. The van der Waals surface area contributed by atoms with Crippen molar-refractivity contribution < 1.29 is 37.3 Å². The summed E-state index contributed by atoms with van der Waals surface area (Å²) in [4.78, 5) is 25.2. The van der Waals surface area contributed by atoms with Crippen molar-refractivity contribution in [3.05, 3.63) is 97.2 Å². The Kier molecular flexibility index (Phi) is 47.9. The molecule has 9 heteroatoms. The van der Waals surface area contributed by atoms with E-state index in [1.807, 2.05) is 21.1 Å². The van der Waals surface area contributed by atoms with Gasteiger partial charge in [-0.3, -0.25) is 9.36 Å². The maximum Gasteiger partial charge on any atom is 0.306 e. The highest BCUT2D eigenvalue weighted by atomic mass is 31.2. The summed E-state index contributed by atoms with van der Waals surface area (Å²) in [5, 5.41) is 0. The third-order valence-corrected chi connectivity index (χ3v) is 12.1. The van der Waals surface area contributed by atoms with E-state index in [1.54, 1.807) is 0 Å². The van der Waals surface area contributed by atoms with Crippen LogP contribution in [0.3, 0.4) is 0 Å². The molecule has 0 aliphatic rings. The van der Waals surface area contributed by atoms with Gasteiger partial charge in [0.2, 0.25) is 0 Å². The van der Waals surface area contributed by atoms with Gasteiger partial charge in [-0.2, -0.15) is 0 Å². The maximum atomic E-state index is 12.8. The normalized spacial score (nSPS) is 14.3. The molecule has 0 aliphatic carbocycles. The number of ether oxygens (including phenoxy) is 2. The fourth-order valence-electron chi connectivity index (χ4n) is 7.06. The van der Waals surface area contributed by atoms with Gasteiger partial charge in [-0.25, -0.2) is 0 Å². The topological polar surface area (TPSA) is 94.1 Å². The third-order valence-electron chi connectivity index (χ3n) is 11.1. The molecule has 2 atom stereocenters. The zero-order valence-corrected chi connectivity index (χ0v) is 44.7. The molecule has 0 aromatic rings. The number of quaternary nitrogens is 1. The highest BCUT2D eigenvalue weighted by Crippen LogP contribution is 2.38. The summed E-state index contributed by atoms with van der Waals surface area (Å²) in [5.41, 5.74) is 0. The molecule has 0 bridgehead atoms. The Morgan fingerprint density at radius 1 is 0.463 bits per heavy atom. The van der Waals surface area contributed by atoms with Crippen molar-refractivity contribution >= 4 is 13.8 Å². The number of unbranched alkanes of at least 4 members (excludes halogenated alkanes) is 19. The van der Waals surface area contributed by atoms with Gasteiger partial charge in [0.05, 0.1) is 34.4 Å². The van der Waals surface area contributed by atoms with E-state index in [9.17, 15) is 14.3 Å². The van der Waals surface area contributed by atoms with E-state index in [0.717, 1.165) is 83.5 Å². The molecule has 0 N–H and O–H groups in total. The summed E-state index contributed by atoms with van der Waals surface area (Å²) < 4.78 is 34.8. The second-order valence-corrected chi connectivity index (χ2v) is 20.2. The summed E-state index contributed by atoms with van der Waals surface area (Å²) in [5.74, 6) is -0.344. The van der Waals surface area contributed by atoms with Crippen LogP contribution in [0, 0.1) is 0 Å². The van der Waals surface area contributed by atoms with Crippen LogP contribution in [-0.4, -0.2) is 70.7 Å². The highest BCUT2D eigenvalue weighted by Gasteiger charge is 2.20. The molecule has 0 amide bonds. The first-order valence-electron chi connectivity index (χ1n) is 27.0. The van der Waals surface area contributed by atoms with Crippen molar-refractivity contribution in [3.63, 3.8) is 0 Å². The lowest BCUT2D eigenvalue weighted by Crippen LogP contribution is -2.37. The fourth-order valence-corrected chi connectivity index (χ4v) is 7.79. The number of carbonyl (C=O) groups excluding carboxylic acids is 1. The Labute approximate surface area is 413 Å². The average Bonchev–Trinajstić information content (AvgIpc) is 3.29. The van der Waals surface area contributed by atoms with E-state index in [2.05, 4.69) is 111 Å². The van der Waals surface area contributed by atoms with Gasteiger partial charge < -0.3 is 27.9 Å². The van der Waals surface area contributed by atoms with Crippen LogP contribution >= 0.6 is 7.82 Å². The van der Waals surface area contributed by atoms with Gasteiger partial charge in [0, 0.05) is 13.0 Å². The summed E-state index contributed by atoms with van der Waals surface area (Å²) in [7, 11) is 1.34. The summed E-state index contributed by atoms with van der Waals surface area (Å²) in [6, 6.07) is 0. The number of hydrogen-bond donors (Lipinski definition) is 0. The van der Waals surface area contributed by atoms with Crippen molar-refractivity contribution in [1.29, 1.82) is 0 Å². The Bertz CT molecular complexity index is 1390. The number of rotatable bonds is 49. The largest absolute Gasteiger partial charge is 0.756 e. The molecule has 386 valence electrons. The Hall–Kier alpha value is -2.58. The van der Waals surface area contributed by atoms with E-state index in [1.165, 1.54) is 103 Å². The monoisotopic (exact) mass is 956 g/mol. The minimum Gasteiger partial charge on any atom is -0.756 e. The molecule has 0 saturated heterocycles. The first kappa shape index (κ1) is 64.4. The predicted octanol–water partition coefficient (Wildman–Crippen LogP) is 16.3. The van der Waals surface area contributed by atoms with Crippen molar-refractivity contribution in [1.82, 2.24) is 0 Å². The molecule has 8 nitrogen and oxygen atoms in total. The van der Waals surface area contributed by atoms with Crippen LogP contribution in [-0.2, 0) is 27.9 Å². The zero-order chi connectivity index (χ0) is 49.0. The van der Waals surface area contributed by atoms with Crippen LogP contribution in [0.2, 0.25) is 0 Å². The van der Waals surface area contributed by atoms with E-state index in [0.29, 0.717) is 24.1 Å². The van der Waals surface area contributed by atoms with Crippen LogP contribution in [0.4, 0.5) is 0 Å². The standard InChI is InChI=1S/C58H102NO7P/c1-6-8-10-12-14-16-18-20-22-24-26-28-30-31-33-35-37-39-41-43-45-47-49-51-58(60)66-57(56-65-67(61,62)64-54-52-59(3,4)5)55-63-53-50-48-46-44-42-40-38-36-34-32-29-27-25-23-21-19-17-15-13-11-9-7-2/h8-11,14-17,20-23,26-29,57H,6-7,12-13,18-19,24-25,30-56H2,1-5H3/b10-8-,11-9-,16-14-,17-15-,22-20-,23-21-,28-26-,29-27-. The smallest absolute Gasteiger partial charge is 0.306 e. The van der Waals surface area contributed by atoms with Gasteiger partial charge in [0.25, 0.3) is 7.82 Å². The van der Waals surface area contributed by atoms with Crippen molar-refractivity contribution in [2.45, 2.75) is 213 Å². The molecule has 0 fully saturated rings. The van der Waals surface area contributed by atoms with Crippen molar-refractivity contribution in [2.75, 3.05) is 54.1 Å². The van der Waals surface area contributed by atoms with Gasteiger partial charge in [0.1, 0.15) is 19.3 Å². The number of likely N-dealkylation sites (N-methyl/N-ethyl adjacent to an activating group) is 1. The molecule has 0 aromatic heterocycles. The minimum absolute atomic E-state index is 0.0190. The number of phosphoric ester groups is 1. The summed E-state index contributed by atoms with van der Waals surface area (Å²) >= 11 is 0. The predicted molar refractivity (Wildman–Crippen MR) is 286 cm³/mol. The second-order valence-electron chi connectivity index (χ2n) is 18.8. The first-order chi connectivity index (χ1) is 32.6. The van der Waals surface area contributed by atoms with E-state index in [4.69, 9.17) is 18.5 Å². The van der Waals surface area contributed by atoms with Crippen molar-refractivity contribution in [2.24, 2.45) is 0 Å². The molecule has 0 aliphatic heterocycles. The Balaban J connectivity index is 4.15. The van der Waals surface area contributed by atoms with E-state index in [-0.39, 0.29) is 25.8 Å². The number of hydrogen-bond acceptors (Lipinski definition) is 7. The summed E-state index contributed by atoms with van der Waals surface area (Å²) in [6.07, 6.45) is 68.6. The molecule has 0 saturated carbocycles. The van der Waals surface area contributed by atoms with Gasteiger partial charge in [-0.15, -0.1) is 0 Å². The Morgan fingerprint density at radius 3 is 1.22 bits per heavy atom. The fraction of sp³-hybridized carbons (Fsp3) is 0.707.